The molecule has 0 aromatic heterocycles. The van der Waals surface area contributed by atoms with Crippen LogP contribution in [0.5, 0.6) is 0 Å². The summed E-state index contributed by atoms with van der Waals surface area (Å²) in [5.74, 6) is 5.50. The molecule has 1 aliphatic rings. The summed E-state index contributed by atoms with van der Waals surface area (Å²) in [4.78, 5) is 12.7. The van der Waals surface area contributed by atoms with Gasteiger partial charge in [-0.25, -0.2) is 0 Å². The van der Waals surface area contributed by atoms with Gasteiger partial charge in [-0.15, -0.1) is 0 Å². The number of carbonyl (C=O) groups excluding carboxylic acids is 1. The van der Waals surface area contributed by atoms with Crippen molar-refractivity contribution in [3.63, 3.8) is 0 Å². The molecular weight excluding hydrogens is 286 g/mol. The third kappa shape index (κ3) is 3.58. The van der Waals surface area contributed by atoms with Gasteiger partial charge in [0, 0.05) is 16.0 Å². The van der Waals surface area contributed by atoms with Crippen molar-refractivity contribution >= 4 is 23.2 Å². The molecule has 0 saturated heterocycles. The highest BCUT2D eigenvalue weighted by Gasteiger charge is 2.39. The Balaban J connectivity index is 2.25. The minimum Gasteiger partial charge on any atom is -0.384 e. The lowest BCUT2D eigenvalue weighted by Gasteiger charge is -2.26. The number of amides is 1. The first-order valence-electron chi connectivity index (χ1n) is 7.32. The van der Waals surface area contributed by atoms with Gasteiger partial charge in [0.1, 0.15) is 6.61 Å². The first kappa shape index (κ1) is 15.9. The van der Waals surface area contributed by atoms with E-state index in [-0.39, 0.29) is 17.9 Å². The Labute approximate surface area is 130 Å². The molecule has 0 bridgehead atoms. The standard InChI is InChI=1S/C17H20ClNO2/c1-2-17(9-3-4-10-17)16(21)19-15-12-14(18)8-7-13(15)6-5-11-20/h7-8,12,20H,2-4,9-11H2,1H3,(H,19,21). The SMILES string of the molecule is CCC1(C(=O)Nc2cc(Cl)ccc2C#CCO)CCCC1. The highest BCUT2D eigenvalue weighted by Crippen LogP contribution is 2.42. The van der Waals surface area contributed by atoms with E-state index in [1.54, 1.807) is 18.2 Å². The quantitative estimate of drug-likeness (QED) is 0.838. The number of aliphatic hydroxyl groups excluding tert-OH is 1. The van der Waals surface area contributed by atoms with Crippen LogP contribution in [0.15, 0.2) is 18.2 Å². The van der Waals surface area contributed by atoms with Gasteiger partial charge in [0.25, 0.3) is 0 Å². The zero-order chi connectivity index (χ0) is 15.3. The molecule has 0 radical (unpaired) electrons. The highest BCUT2D eigenvalue weighted by molar-refractivity contribution is 6.31. The smallest absolute Gasteiger partial charge is 0.230 e. The van der Waals surface area contributed by atoms with E-state index in [0.29, 0.717) is 16.3 Å². The van der Waals surface area contributed by atoms with Crippen molar-refractivity contribution in [1.82, 2.24) is 0 Å². The third-order valence-electron chi connectivity index (χ3n) is 4.25. The number of rotatable bonds is 3. The number of aliphatic hydroxyl groups is 1. The van der Waals surface area contributed by atoms with Crippen molar-refractivity contribution in [2.45, 2.75) is 39.0 Å². The van der Waals surface area contributed by atoms with E-state index in [2.05, 4.69) is 24.1 Å². The number of halogens is 1. The van der Waals surface area contributed by atoms with Gasteiger partial charge in [-0.1, -0.05) is 43.2 Å². The van der Waals surface area contributed by atoms with Gasteiger partial charge in [0.15, 0.2) is 0 Å². The van der Waals surface area contributed by atoms with Crippen LogP contribution in [0.2, 0.25) is 5.02 Å². The van der Waals surface area contributed by atoms with E-state index < -0.39 is 0 Å². The molecule has 1 aliphatic carbocycles. The van der Waals surface area contributed by atoms with E-state index in [9.17, 15) is 4.79 Å². The molecule has 1 amide bonds. The Morgan fingerprint density at radius 1 is 1.43 bits per heavy atom. The summed E-state index contributed by atoms with van der Waals surface area (Å²) < 4.78 is 0. The summed E-state index contributed by atoms with van der Waals surface area (Å²) in [6.07, 6.45) is 4.93. The van der Waals surface area contributed by atoms with Crippen LogP contribution in [-0.2, 0) is 4.79 Å². The minimum absolute atomic E-state index is 0.0526. The summed E-state index contributed by atoms with van der Waals surface area (Å²) in [7, 11) is 0. The predicted molar refractivity (Wildman–Crippen MR) is 85.2 cm³/mol. The van der Waals surface area contributed by atoms with Gasteiger partial charge in [-0.2, -0.15) is 0 Å². The second-order valence-electron chi connectivity index (χ2n) is 5.44. The molecule has 0 spiro atoms. The van der Waals surface area contributed by atoms with E-state index >= 15 is 0 Å². The fraction of sp³-hybridized carbons (Fsp3) is 0.471. The molecule has 0 aliphatic heterocycles. The van der Waals surface area contributed by atoms with Crippen LogP contribution < -0.4 is 5.32 Å². The molecule has 4 heteroatoms. The van der Waals surface area contributed by atoms with Crippen LogP contribution in [0, 0.1) is 17.3 Å². The Kier molecular flexibility index (Phi) is 5.27. The lowest BCUT2D eigenvalue weighted by molar-refractivity contribution is -0.125. The summed E-state index contributed by atoms with van der Waals surface area (Å²) in [6.45, 7) is 1.85. The number of nitrogens with one attached hydrogen (secondary N) is 1. The molecule has 1 aromatic rings. The van der Waals surface area contributed by atoms with Gasteiger partial charge >= 0.3 is 0 Å². The molecular formula is C17H20ClNO2. The Morgan fingerprint density at radius 3 is 2.76 bits per heavy atom. The average molecular weight is 306 g/mol. The maximum atomic E-state index is 12.7. The van der Waals surface area contributed by atoms with Gasteiger partial charge in [0.05, 0.1) is 5.69 Å². The summed E-state index contributed by atoms with van der Waals surface area (Å²) in [5.41, 5.74) is 1.03. The zero-order valence-corrected chi connectivity index (χ0v) is 13.0. The van der Waals surface area contributed by atoms with E-state index in [1.165, 1.54) is 0 Å². The second-order valence-corrected chi connectivity index (χ2v) is 5.88. The van der Waals surface area contributed by atoms with E-state index in [0.717, 1.165) is 32.1 Å². The molecule has 3 nitrogen and oxygen atoms in total. The normalized spacial score (nSPS) is 16.1. The van der Waals surface area contributed by atoms with Crippen molar-refractivity contribution in [1.29, 1.82) is 0 Å². The van der Waals surface area contributed by atoms with Gasteiger partial charge in [-0.05, 0) is 37.5 Å². The first-order chi connectivity index (χ1) is 10.1. The predicted octanol–water partition coefficient (Wildman–Crippen LogP) is 3.59. The molecule has 1 fully saturated rings. The Morgan fingerprint density at radius 2 is 2.14 bits per heavy atom. The van der Waals surface area contributed by atoms with E-state index in [4.69, 9.17) is 16.7 Å². The summed E-state index contributed by atoms with van der Waals surface area (Å²) in [5, 5.41) is 12.4. The Bertz CT molecular complexity index is 580. The number of anilines is 1. The highest BCUT2D eigenvalue weighted by atomic mass is 35.5. The Hall–Kier alpha value is -1.50. The fourth-order valence-electron chi connectivity index (χ4n) is 2.91. The van der Waals surface area contributed by atoms with Crippen LogP contribution in [0.25, 0.3) is 0 Å². The van der Waals surface area contributed by atoms with Crippen molar-refractivity contribution in [3.05, 3.63) is 28.8 Å². The van der Waals surface area contributed by atoms with Crippen LogP contribution in [0.4, 0.5) is 5.69 Å². The van der Waals surface area contributed by atoms with Crippen molar-refractivity contribution in [3.8, 4) is 11.8 Å². The summed E-state index contributed by atoms with van der Waals surface area (Å²) in [6, 6.07) is 5.19. The second kappa shape index (κ2) is 6.98. The first-order valence-corrected chi connectivity index (χ1v) is 7.70. The van der Waals surface area contributed by atoms with Crippen LogP contribution in [0.3, 0.4) is 0 Å². The lowest BCUT2D eigenvalue weighted by atomic mass is 9.82. The maximum absolute atomic E-state index is 12.7. The number of benzene rings is 1. The topological polar surface area (TPSA) is 49.3 Å². The average Bonchev–Trinajstić information content (AvgIpc) is 2.96. The molecule has 112 valence electrons. The monoisotopic (exact) mass is 305 g/mol. The van der Waals surface area contributed by atoms with Crippen LogP contribution in [0.1, 0.15) is 44.6 Å². The van der Waals surface area contributed by atoms with Crippen LogP contribution in [-0.4, -0.2) is 17.6 Å². The van der Waals surface area contributed by atoms with Crippen molar-refractivity contribution < 1.29 is 9.90 Å². The minimum atomic E-state index is -0.260. The fourth-order valence-corrected chi connectivity index (χ4v) is 3.08. The van der Waals surface area contributed by atoms with Crippen molar-refractivity contribution in [2.75, 3.05) is 11.9 Å². The number of hydrogen-bond donors (Lipinski definition) is 2. The number of hydrogen-bond acceptors (Lipinski definition) is 2. The molecule has 1 aromatic carbocycles. The molecule has 1 saturated carbocycles. The maximum Gasteiger partial charge on any atom is 0.230 e. The summed E-state index contributed by atoms with van der Waals surface area (Å²) >= 11 is 6.01. The largest absolute Gasteiger partial charge is 0.384 e. The third-order valence-corrected chi connectivity index (χ3v) is 4.49. The molecule has 2 rings (SSSR count). The number of carbonyl (C=O) groups is 1. The van der Waals surface area contributed by atoms with E-state index in [1.807, 2.05) is 0 Å². The molecule has 0 heterocycles. The van der Waals surface area contributed by atoms with Crippen molar-refractivity contribution in [2.24, 2.45) is 5.41 Å². The van der Waals surface area contributed by atoms with Gasteiger partial charge in [-0.3, -0.25) is 4.79 Å². The van der Waals surface area contributed by atoms with Crippen LogP contribution >= 0.6 is 11.6 Å². The molecule has 21 heavy (non-hydrogen) atoms. The lowest BCUT2D eigenvalue weighted by Crippen LogP contribution is -2.33. The molecule has 2 N–H and O–H groups in total. The zero-order valence-electron chi connectivity index (χ0n) is 12.2. The van der Waals surface area contributed by atoms with Gasteiger partial charge in [0.2, 0.25) is 5.91 Å². The molecule has 0 unspecified atom stereocenters. The molecule has 0 atom stereocenters. The van der Waals surface area contributed by atoms with Gasteiger partial charge < -0.3 is 10.4 Å².